The van der Waals surface area contributed by atoms with Crippen molar-refractivity contribution >= 4 is 10.9 Å². The third-order valence-corrected chi connectivity index (χ3v) is 6.33. The van der Waals surface area contributed by atoms with Crippen molar-refractivity contribution in [2.45, 2.75) is 70.9 Å². The molecule has 0 bridgehead atoms. The summed E-state index contributed by atoms with van der Waals surface area (Å²) in [4.78, 5) is 2.64. The molecule has 0 saturated carbocycles. The van der Waals surface area contributed by atoms with Crippen LogP contribution < -0.4 is 0 Å². The zero-order chi connectivity index (χ0) is 18.0. The molecule has 0 amide bonds. The van der Waals surface area contributed by atoms with Crippen molar-refractivity contribution in [3.8, 4) is 0 Å². The van der Waals surface area contributed by atoms with Crippen LogP contribution in [0, 0.1) is 0 Å². The number of aryl methyl sites for hydroxylation is 1. The Kier molecular flexibility index (Phi) is 5.37. The normalized spacial score (nSPS) is 22.1. The zero-order valence-corrected chi connectivity index (χ0v) is 16.6. The molecule has 0 N–H and O–H groups in total. The van der Waals surface area contributed by atoms with E-state index in [-0.39, 0.29) is 5.60 Å². The number of rotatable bonds is 8. The van der Waals surface area contributed by atoms with Gasteiger partial charge in [0.1, 0.15) is 5.60 Å². The van der Waals surface area contributed by atoms with E-state index in [4.69, 9.17) is 4.74 Å². The molecule has 26 heavy (non-hydrogen) atoms. The maximum atomic E-state index is 6.57. The number of ether oxygens (including phenoxy) is 1. The van der Waals surface area contributed by atoms with E-state index in [1.54, 1.807) is 5.56 Å². The molecule has 0 radical (unpaired) electrons. The standard InChI is InChI=1S/C23H34N2O/c1-3-14-24(15-4-2)16-7-12-23-13-8-17-25-21-10-6-5-9-19(21)20(22(23)25)11-18-26-23/h5-6,9-10H,3-4,7-8,11-18H2,1-2H3. The number of nitrogens with zero attached hydrogens (tertiary/aromatic N) is 2. The van der Waals surface area contributed by atoms with Gasteiger partial charge in [-0.15, -0.1) is 0 Å². The van der Waals surface area contributed by atoms with Crippen LogP contribution in [0.4, 0.5) is 0 Å². The van der Waals surface area contributed by atoms with Crippen LogP contribution in [0.3, 0.4) is 0 Å². The second-order valence-electron chi connectivity index (χ2n) is 8.14. The van der Waals surface area contributed by atoms with Gasteiger partial charge >= 0.3 is 0 Å². The van der Waals surface area contributed by atoms with Gasteiger partial charge in [-0.1, -0.05) is 32.0 Å². The third-order valence-electron chi connectivity index (χ3n) is 6.33. The van der Waals surface area contributed by atoms with E-state index in [1.807, 2.05) is 0 Å². The molecule has 3 nitrogen and oxygen atoms in total. The summed E-state index contributed by atoms with van der Waals surface area (Å²) >= 11 is 0. The Bertz CT molecular complexity index is 695. The number of hydrogen-bond acceptors (Lipinski definition) is 2. The lowest BCUT2D eigenvalue weighted by atomic mass is 9.81. The molecule has 1 aromatic carbocycles. The number of benzene rings is 1. The maximum absolute atomic E-state index is 6.57. The summed E-state index contributed by atoms with van der Waals surface area (Å²) in [6, 6.07) is 8.99. The minimum absolute atomic E-state index is 0.0328. The van der Waals surface area contributed by atoms with Gasteiger partial charge in [-0.2, -0.15) is 0 Å². The van der Waals surface area contributed by atoms with E-state index in [9.17, 15) is 0 Å². The lowest BCUT2D eigenvalue weighted by Gasteiger charge is -2.42. The van der Waals surface area contributed by atoms with Crippen LogP contribution in [0.5, 0.6) is 0 Å². The van der Waals surface area contributed by atoms with Crippen LogP contribution in [0.15, 0.2) is 24.3 Å². The highest BCUT2D eigenvalue weighted by Gasteiger charge is 2.43. The first-order valence-electron chi connectivity index (χ1n) is 10.8. The fourth-order valence-electron chi connectivity index (χ4n) is 5.38. The first-order valence-corrected chi connectivity index (χ1v) is 10.8. The summed E-state index contributed by atoms with van der Waals surface area (Å²) in [5.74, 6) is 0. The average Bonchev–Trinajstić information content (AvgIpc) is 2.99. The monoisotopic (exact) mass is 354 g/mol. The van der Waals surface area contributed by atoms with Gasteiger partial charge in [-0.3, -0.25) is 0 Å². The van der Waals surface area contributed by atoms with Crippen LogP contribution in [-0.2, 0) is 23.3 Å². The number of aromatic nitrogens is 1. The van der Waals surface area contributed by atoms with Crippen LogP contribution in [0.1, 0.15) is 63.6 Å². The summed E-state index contributed by atoms with van der Waals surface area (Å²) in [7, 11) is 0. The fraction of sp³-hybridized carbons (Fsp3) is 0.652. The Morgan fingerprint density at radius 3 is 2.73 bits per heavy atom. The summed E-state index contributed by atoms with van der Waals surface area (Å²) in [6.07, 6.45) is 8.40. The summed E-state index contributed by atoms with van der Waals surface area (Å²) in [5, 5.41) is 1.47. The molecule has 0 saturated heterocycles. The van der Waals surface area contributed by atoms with Crippen molar-refractivity contribution in [3.63, 3.8) is 0 Å². The molecule has 3 heterocycles. The van der Waals surface area contributed by atoms with Gasteiger partial charge in [0.05, 0.1) is 12.3 Å². The Morgan fingerprint density at radius 2 is 1.92 bits per heavy atom. The van der Waals surface area contributed by atoms with Gasteiger partial charge in [0.2, 0.25) is 0 Å². The highest BCUT2D eigenvalue weighted by Crippen LogP contribution is 2.47. The smallest absolute Gasteiger partial charge is 0.108 e. The fourth-order valence-corrected chi connectivity index (χ4v) is 5.38. The van der Waals surface area contributed by atoms with Crippen molar-refractivity contribution in [2.75, 3.05) is 26.2 Å². The van der Waals surface area contributed by atoms with Gasteiger partial charge in [-0.05, 0) is 76.2 Å². The third kappa shape index (κ3) is 3.10. The number of fused-ring (bicyclic) bond motifs is 3. The molecular formula is C23H34N2O. The Balaban J connectivity index is 1.59. The first-order chi connectivity index (χ1) is 12.8. The maximum Gasteiger partial charge on any atom is 0.108 e. The molecule has 2 aliphatic heterocycles. The summed E-state index contributed by atoms with van der Waals surface area (Å²) in [6.45, 7) is 10.3. The Labute approximate surface area is 158 Å². The predicted molar refractivity (Wildman–Crippen MR) is 109 cm³/mol. The highest BCUT2D eigenvalue weighted by atomic mass is 16.5. The van der Waals surface area contributed by atoms with Crippen LogP contribution in [-0.4, -0.2) is 35.7 Å². The van der Waals surface area contributed by atoms with Crippen molar-refractivity contribution in [2.24, 2.45) is 0 Å². The highest BCUT2D eigenvalue weighted by molar-refractivity contribution is 5.86. The van der Waals surface area contributed by atoms with Gasteiger partial charge in [0.25, 0.3) is 0 Å². The molecule has 0 aliphatic carbocycles. The minimum atomic E-state index is -0.0328. The van der Waals surface area contributed by atoms with E-state index in [0.29, 0.717) is 0 Å². The molecule has 142 valence electrons. The van der Waals surface area contributed by atoms with Crippen LogP contribution in [0.25, 0.3) is 10.9 Å². The topological polar surface area (TPSA) is 17.4 Å². The number of hydrogen-bond donors (Lipinski definition) is 0. The molecule has 3 heteroatoms. The van der Waals surface area contributed by atoms with E-state index >= 15 is 0 Å². The molecule has 2 aliphatic rings. The molecule has 1 aromatic heterocycles. The molecule has 0 fully saturated rings. The molecule has 4 rings (SSSR count). The van der Waals surface area contributed by atoms with E-state index < -0.39 is 0 Å². The molecule has 0 spiro atoms. The lowest BCUT2D eigenvalue weighted by molar-refractivity contribution is -0.0885. The number of para-hydroxylation sites is 1. The van der Waals surface area contributed by atoms with E-state index in [2.05, 4.69) is 47.6 Å². The van der Waals surface area contributed by atoms with E-state index in [1.165, 1.54) is 74.8 Å². The van der Waals surface area contributed by atoms with Crippen LogP contribution >= 0.6 is 0 Å². The molecular weight excluding hydrogens is 320 g/mol. The minimum Gasteiger partial charge on any atom is -0.368 e. The average molecular weight is 355 g/mol. The van der Waals surface area contributed by atoms with Crippen molar-refractivity contribution in [1.29, 1.82) is 0 Å². The van der Waals surface area contributed by atoms with Gasteiger partial charge in [0.15, 0.2) is 0 Å². The quantitative estimate of drug-likeness (QED) is 0.656. The Hall–Kier alpha value is -1.32. The first kappa shape index (κ1) is 18.1. The second-order valence-corrected chi connectivity index (χ2v) is 8.14. The van der Waals surface area contributed by atoms with Crippen LogP contribution in [0.2, 0.25) is 0 Å². The second kappa shape index (κ2) is 7.74. The molecule has 1 atom stereocenters. The summed E-state index contributed by atoms with van der Waals surface area (Å²) < 4.78 is 9.15. The van der Waals surface area contributed by atoms with Crippen molar-refractivity contribution in [1.82, 2.24) is 9.47 Å². The SMILES string of the molecule is CCCN(CCC)CCCC12CCCn3c1c(c1ccccc13)CCO2. The molecule has 1 unspecified atom stereocenters. The zero-order valence-electron chi connectivity index (χ0n) is 16.6. The molecule has 2 aromatic rings. The predicted octanol–water partition coefficient (Wildman–Crippen LogP) is 5.11. The van der Waals surface area contributed by atoms with Gasteiger partial charge in [-0.25, -0.2) is 0 Å². The van der Waals surface area contributed by atoms with E-state index in [0.717, 1.165) is 19.6 Å². The van der Waals surface area contributed by atoms with Gasteiger partial charge in [0, 0.05) is 17.4 Å². The van der Waals surface area contributed by atoms with Crippen molar-refractivity contribution in [3.05, 3.63) is 35.5 Å². The summed E-state index contributed by atoms with van der Waals surface area (Å²) in [5.41, 5.74) is 4.49. The largest absolute Gasteiger partial charge is 0.368 e. The van der Waals surface area contributed by atoms with Crippen molar-refractivity contribution < 1.29 is 4.74 Å². The van der Waals surface area contributed by atoms with Gasteiger partial charge < -0.3 is 14.2 Å². The lowest BCUT2D eigenvalue weighted by Crippen LogP contribution is -2.41. The Morgan fingerprint density at radius 1 is 1.12 bits per heavy atom.